The standard InChI is InChI=1S/C78H115N21O24/c1-12-13-24-47(64(111)86-51(31-45-22-18-15-19-23-45)70(117)94-61(43(7)102)73(120)95-78(10,35-41(4)5)76(123)93-49(29-40(2)3)67(114)88-53(33-59(105)106)63(110)79-11)84-65(112)48(25-26-58(103)104)85-69(116)54(34-60(107)108)89-72(119)56(38-101)91-68(115)50(30-44-20-16-14-17-21-44)87-71(118)55(37-100)90-62(109)42(6)83-66(113)52(32-57-96-98-99-97-57)92-75(122)77(8,9)74(121)81-28-27-46-36-80-39-82-46/h14-23,36,39-43,47-56,61,100-102H,12-13,24-35,37-38H2,1-11H3,(H,79,110)(H,80,82)(H,81,121)(H,83,113)(H,84,112)(H,85,116)(H,86,111)(H,87,118)(H,88,114)(H,89,119)(H,90,109)(H,91,115)(H,92,122)(H,93,123)(H,94,117)(H,95,120)(H,103,104)(H,105,106)(H,107,108)(H,96,97,98,99)/t42-,43-,47+,48+,49+,50+,51-,52+,53+,54+,55+,56+,61+,78+/m1/s1. The first kappa shape index (κ1) is 102. The van der Waals surface area contributed by atoms with Gasteiger partial charge in [-0.1, -0.05) is 108 Å². The van der Waals surface area contributed by atoms with Crippen molar-refractivity contribution in [3.05, 3.63) is 95.8 Å². The molecule has 0 aliphatic rings. The van der Waals surface area contributed by atoms with Crippen LogP contribution in [0.3, 0.4) is 0 Å². The van der Waals surface area contributed by atoms with E-state index in [1.807, 2.05) is 0 Å². The molecule has 0 spiro atoms. The Morgan fingerprint density at radius 2 is 0.919 bits per heavy atom. The first-order valence-corrected chi connectivity index (χ1v) is 39.8. The van der Waals surface area contributed by atoms with Gasteiger partial charge in [0.1, 0.15) is 83.5 Å². The van der Waals surface area contributed by atoms with Crippen molar-refractivity contribution in [3.63, 3.8) is 0 Å². The number of carbonyl (C=O) groups is 18. The van der Waals surface area contributed by atoms with E-state index < -0.39 is 248 Å². The van der Waals surface area contributed by atoms with Crippen molar-refractivity contribution in [3.8, 4) is 0 Å². The molecule has 45 nitrogen and oxygen atoms in total. The van der Waals surface area contributed by atoms with E-state index in [9.17, 15) is 117 Å². The molecule has 2 aromatic carbocycles. The van der Waals surface area contributed by atoms with Gasteiger partial charge in [-0.15, -0.1) is 5.10 Å². The molecule has 0 aliphatic heterocycles. The van der Waals surface area contributed by atoms with E-state index in [0.717, 1.165) is 6.92 Å². The van der Waals surface area contributed by atoms with Gasteiger partial charge in [-0.3, -0.25) is 86.3 Å². The molecule has 123 heavy (non-hydrogen) atoms. The molecule has 676 valence electrons. The number of aliphatic hydroxyl groups excluding tert-OH is 3. The minimum Gasteiger partial charge on any atom is -0.481 e. The number of amides is 15. The van der Waals surface area contributed by atoms with Gasteiger partial charge in [-0.2, -0.15) is 0 Å². The van der Waals surface area contributed by atoms with Gasteiger partial charge in [0.25, 0.3) is 0 Å². The van der Waals surface area contributed by atoms with Crippen molar-refractivity contribution in [1.82, 2.24) is 110 Å². The number of benzene rings is 2. The highest BCUT2D eigenvalue weighted by molar-refractivity contribution is 6.06. The van der Waals surface area contributed by atoms with Gasteiger partial charge < -0.3 is 115 Å². The lowest BCUT2D eigenvalue weighted by molar-refractivity contribution is -0.144. The SMILES string of the molecule is CCCC[C@H](NC(=O)[C@H](CCC(=O)O)NC(=O)[C@H](CC(=O)O)NC(=O)[C@H](CO)NC(=O)[C@H](Cc1ccccc1)NC(=O)[C@H](CO)NC(=O)[C@@H](C)NC(=O)[C@H](Cc1nnn[nH]1)NC(=O)C(C)(C)C(=O)NCCc1cnc[nH]1)C(=O)N[C@H](Cc1ccccc1)C(=O)N[C@H](C(=O)N[C@@](C)(CC(C)C)C(=O)N[C@@H](CC(C)C)C(=O)N[C@@H](CC(=O)O)C(=O)NC)[C@@H](C)O. The van der Waals surface area contributed by atoms with Crippen molar-refractivity contribution < 1.29 is 117 Å². The predicted molar refractivity (Wildman–Crippen MR) is 432 cm³/mol. The van der Waals surface area contributed by atoms with Crippen molar-refractivity contribution in [2.75, 3.05) is 26.8 Å². The summed E-state index contributed by atoms with van der Waals surface area (Å²) in [5, 5.41) is 111. The number of likely N-dealkylation sites (N-methyl/N-ethyl adjacent to an activating group) is 1. The number of nitrogens with one attached hydrogen (secondary N) is 17. The van der Waals surface area contributed by atoms with Gasteiger partial charge in [-0.05, 0) is 93.7 Å². The maximum atomic E-state index is 14.7. The Labute approximate surface area is 707 Å². The Hall–Kier alpha value is -12.9. The average molecular weight is 1730 g/mol. The summed E-state index contributed by atoms with van der Waals surface area (Å²) < 4.78 is 0. The first-order chi connectivity index (χ1) is 57.9. The molecule has 4 rings (SSSR count). The number of nitrogens with zero attached hydrogens (tertiary/aromatic N) is 4. The molecule has 0 unspecified atom stereocenters. The number of aromatic amines is 2. The van der Waals surface area contributed by atoms with Crippen LogP contribution in [0.15, 0.2) is 73.2 Å². The topological polar surface area (TPSA) is 692 Å². The number of tetrazole rings is 1. The van der Waals surface area contributed by atoms with E-state index in [1.165, 1.54) is 53.2 Å². The molecule has 45 heteroatoms. The molecule has 2 heterocycles. The fourth-order valence-corrected chi connectivity index (χ4v) is 12.4. The fraction of sp³-hybridized carbons (Fsp3) is 0.564. The molecule has 0 radical (unpaired) electrons. The molecular weight excluding hydrogens is 1610 g/mol. The number of aliphatic carboxylic acids is 3. The number of aromatic nitrogens is 6. The van der Waals surface area contributed by atoms with Gasteiger partial charge >= 0.3 is 17.9 Å². The summed E-state index contributed by atoms with van der Waals surface area (Å²) in [5.74, 6) is -21.7. The number of aliphatic hydroxyl groups is 3. The molecular formula is C78H115N21O24. The zero-order chi connectivity index (χ0) is 92.0. The number of carbonyl (C=O) groups excluding carboxylic acids is 15. The minimum atomic E-state index is -2.21. The van der Waals surface area contributed by atoms with Crippen molar-refractivity contribution >= 4 is 107 Å². The molecule has 2 aromatic heterocycles. The minimum absolute atomic E-state index is 0.00231. The van der Waals surface area contributed by atoms with Crippen LogP contribution in [0.2, 0.25) is 0 Å². The van der Waals surface area contributed by atoms with E-state index in [-0.39, 0.29) is 56.3 Å². The summed E-state index contributed by atoms with van der Waals surface area (Å²) in [6.07, 6.45) is -2.97. The molecule has 15 amide bonds. The lowest BCUT2D eigenvalue weighted by Gasteiger charge is -2.35. The smallest absolute Gasteiger partial charge is 0.305 e. The number of carboxylic acids is 3. The lowest BCUT2D eigenvalue weighted by atomic mass is 9.88. The van der Waals surface area contributed by atoms with E-state index in [1.54, 1.807) is 89.3 Å². The number of rotatable bonds is 54. The van der Waals surface area contributed by atoms with E-state index >= 15 is 0 Å². The highest BCUT2D eigenvalue weighted by Crippen LogP contribution is 2.21. The van der Waals surface area contributed by atoms with Crippen LogP contribution in [0, 0.1) is 17.3 Å². The molecule has 0 saturated carbocycles. The van der Waals surface area contributed by atoms with Crippen LogP contribution in [0.25, 0.3) is 0 Å². The van der Waals surface area contributed by atoms with Gasteiger partial charge in [-0.25, -0.2) is 10.1 Å². The Kier molecular flexibility index (Phi) is 41.9. The number of imidazole rings is 1. The summed E-state index contributed by atoms with van der Waals surface area (Å²) in [4.78, 5) is 253. The van der Waals surface area contributed by atoms with Gasteiger partial charge in [0.2, 0.25) is 88.6 Å². The number of hydrogen-bond donors (Lipinski definition) is 23. The fourth-order valence-electron chi connectivity index (χ4n) is 12.4. The highest BCUT2D eigenvalue weighted by Gasteiger charge is 2.44. The van der Waals surface area contributed by atoms with Gasteiger partial charge in [0.15, 0.2) is 5.82 Å². The Morgan fingerprint density at radius 3 is 1.38 bits per heavy atom. The second-order valence-corrected chi connectivity index (χ2v) is 30.9. The quantitative estimate of drug-likeness (QED) is 0.0183. The Balaban J connectivity index is 1.56. The molecule has 4 aromatic rings. The van der Waals surface area contributed by atoms with Crippen LogP contribution >= 0.6 is 0 Å². The number of H-pyrrole nitrogens is 2. The second kappa shape index (κ2) is 50.3. The van der Waals surface area contributed by atoms with Crippen molar-refractivity contribution in [2.24, 2.45) is 17.3 Å². The lowest BCUT2D eigenvalue weighted by Crippen LogP contribution is -2.66. The van der Waals surface area contributed by atoms with Crippen molar-refractivity contribution in [1.29, 1.82) is 0 Å². The summed E-state index contributed by atoms with van der Waals surface area (Å²) in [7, 11) is 1.23. The monoisotopic (exact) mass is 1730 g/mol. The van der Waals surface area contributed by atoms with Crippen molar-refractivity contribution in [2.45, 2.75) is 237 Å². The highest BCUT2D eigenvalue weighted by atomic mass is 16.4. The summed E-state index contributed by atoms with van der Waals surface area (Å²) in [6, 6.07) is -5.31. The predicted octanol–water partition coefficient (Wildman–Crippen LogP) is -5.74. The third kappa shape index (κ3) is 34.6. The van der Waals surface area contributed by atoms with E-state index in [0.29, 0.717) is 29.7 Å². The van der Waals surface area contributed by atoms with Crippen LogP contribution < -0.4 is 79.8 Å². The molecule has 0 bridgehead atoms. The normalized spacial score (nSPS) is 14.9. The van der Waals surface area contributed by atoms with Crippen LogP contribution in [0.5, 0.6) is 0 Å². The third-order valence-electron chi connectivity index (χ3n) is 19.1. The van der Waals surface area contributed by atoms with Gasteiger partial charge in [0, 0.05) is 57.6 Å². The van der Waals surface area contributed by atoms with E-state index in [2.05, 4.69) is 110 Å². The number of hydrogen-bond acceptors (Lipinski definition) is 25. The molecule has 23 N–H and O–H groups in total. The third-order valence-corrected chi connectivity index (χ3v) is 19.1. The van der Waals surface area contributed by atoms with Crippen LogP contribution in [-0.4, -0.2) is 279 Å². The summed E-state index contributed by atoms with van der Waals surface area (Å²) in [5.41, 5.74) is -2.20. The number of unbranched alkanes of at least 4 members (excludes halogenated alkanes) is 1. The number of carboxylic acid groups (broad SMARTS) is 3. The largest absolute Gasteiger partial charge is 0.481 e. The molecule has 0 saturated heterocycles. The Bertz CT molecular complexity index is 4250. The zero-order valence-electron chi connectivity index (χ0n) is 70.2. The van der Waals surface area contributed by atoms with Crippen LogP contribution in [0.1, 0.15) is 150 Å². The average Bonchev–Trinajstić information content (AvgIpc) is 1.71. The zero-order valence-corrected chi connectivity index (χ0v) is 70.2. The van der Waals surface area contributed by atoms with Gasteiger partial charge in [0.05, 0.1) is 38.5 Å². The molecule has 0 fully saturated rings. The second-order valence-electron chi connectivity index (χ2n) is 30.9. The maximum absolute atomic E-state index is 14.7. The van der Waals surface area contributed by atoms with E-state index in [4.69, 9.17) is 0 Å². The van der Waals surface area contributed by atoms with Crippen LogP contribution in [0.4, 0.5) is 0 Å². The summed E-state index contributed by atoms with van der Waals surface area (Å²) in [6.45, 7) is 12.5. The Morgan fingerprint density at radius 1 is 0.472 bits per heavy atom. The summed E-state index contributed by atoms with van der Waals surface area (Å²) >= 11 is 0. The van der Waals surface area contributed by atoms with Crippen LogP contribution in [-0.2, 0) is 112 Å². The maximum Gasteiger partial charge on any atom is 0.305 e. The molecule has 14 atom stereocenters. The first-order valence-electron chi connectivity index (χ1n) is 39.8. The molecule has 0 aliphatic carbocycles.